The Kier molecular flexibility index (Phi) is 7.21. The number of carboxylic acids is 1. The second kappa shape index (κ2) is 10.9. The Balaban J connectivity index is 0.000000646. The highest BCUT2D eigenvalue weighted by molar-refractivity contribution is 7.95. The molecule has 0 saturated heterocycles. The van der Waals surface area contributed by atoms with E-state index in [1.807, 2.05) is 6.92 Å². The van der Waals surface area contributed by atoms with Gasteiger partial charge in [0.05, 0.1) is 15.5 Å². The number of amidine groups is 1. The highest BCUT2D eigenvalue weighted by Crippen LogP contribution is 2.40. The van der Waals surface area contributed by atoms with Crippen LogP contribution in [0.3, 0.4) is 0 Å². The van der Waals surface area contributed by atoms with Crippen LogP contribution in [0.5, 0.6) is 0 Å². The molecule has 2 aromatic heterocycles. The normalized spacial score (nSPS) is 23.5. The number of alkyl halides is 3. The molecule has 3 aromatic rings. The zero-order chi connectivity index (χ0) is 32.6. The molecule has 40 heavy (non-hydrogen) atoms. The van der Waals surface area contributed by atoms with Crippen LogP contribution in [0.25, 0.3) is 22.8 Å². The van der Waals surface area contributed by atoms with Gasteiger partial charge < -0.3 is 15.4 Å². The lowest BCUT2D eigenvalue weighted by molar-refractivity contribution is -0.192. The molecule has 3 heterocycles. The fourth-order valence-electron chi connectivity index (χ4n) is 3.72. The minimum atomic E-state index is -5.08. The Morgan fingerprint density at radius 2 is 1.88 bits per heavy atom. The summed E-state index contributed by atoms with van der Waals surface area (Å²) in [6, 6.07) is 5.89. The van der Waals surface area contributed by atoms with Gasteiger partial charge in [-0.1, -0.05) is 12.1 Å². The number of nitrogens with two attached hydrogens (primary N) is 1. The van der Waals surface area contributed by atoms with Crippen LogP contribution < -0.4 is 5.73 Å². The quantitative estimate of drug-likeness (QED) is 0.420. The monoisotopic (exact) mass is 587 g/mol. The van der Waals surface area contributed by atoms with Crippen molar-refractivity contribution in [2.24, 2.45) is 15.1 Å². The lowest BCUT2D eigenvalue weighted by Gasteiger charge is -2.40. The second-order valence-electron chi connectivity index (χ2n) is 9.50. The van der Waals surface area contributed by atoms with Gasteiger partial charge in [0.15, 0.2) is 17.3 Å². The van der Waals surface area contributed by atoms with Crippen LogP contribution in [0, 0.1) is 5.82 Å². The summed E-state index contributed by atoms with van der Waals surface area (Å²) >= 11 is 0. The average molecular weight is 588 g/mol. The summed E-state index contributed by atoms with van der Waals surface area (Å²) in [4.78, 5) is 22.0. The number of aliphatic imine (C=N–C) groups is 1. The molecule has 0 aliphatic carbocycles. The molecule has 1 aromatic carbocycles. The zero-order valence-electron chi connectivity index (χ0n) is 24.8. The lowest BCUT2D eigenvalue weighted by atomic mass is 9.91. The first-order valence-corrected chi connectivity index (χ1v) is 13.3. The lowest BCUT2D eigenvalue weighted by Crippen LogP contribution is -2.54. The number of hydrogen-bond donors (Lipinski definition) is 2. The first-order valence-electron chi connectivity index (χ1n) is 13.1. The van der Waals surface area contributed by atoms with Crippen molar-refractivity contribution in [3.05, 3.63) is 53.6 Å². The third kappa shape index (κ3) is 5.98. The molecule has 10 nitrogen and oxygen atoms in total. The number of aliphatic carboxylic acids is 1. The van der Waals surface area contributed by atoms with Gasteiger partial charge in [0.25, 0.3) is 0 Å². The maximum absolute atomic E-state index is 15.2. The molecule has 0 bridgehead atoms. The van der Waals surface area contributed by atoms with Crippen molar-refractivity contribution < 1.29 is 40.3 Å². The highest BCUT2D eigenvalue weighted by Gasteiger charge is 2.47. The fourth-order valence-corrected chi connectivity index (χ4v) is 5.73. The Morgan fingerprint density at radius 1 is 1.25 bits per heavy atom. The molecule has 0 amide bonds. The molecule has 0 saturated carbocycles. The summed E-state index contributed by atoms with van der Waals surface area (Å²) in [6.45, 7) is 3.80. The zero-order valence-corrected chi connectivity index (χ0v) is 22.6. The molecule has 0 radical (unpaired) electrons. The predicted octanol–water partition coefficient (Wildman–Crippen LogP) is 4.60. The summed E-state index contributed by atoms with van der Waals surface area (Å²) < 4.78 is 91.3. The van der Waals surface area contributed by atoms with E-state index in [0.717, 1.165) is 12.0 Å². The fraction of sp³-hybridized carbons (Fsp3) is 0.400. The van der Waals surface area contributed by atoms with Gasteiger partial charge in [0.1, 0.15) is 21.9 Å². The number of aromatic nitrogens is 3. The van der Waals surface area contributed by atoms with Crippen LogP contribution in [0.2, 0.25) is 0 Å². The first-order chi connectivity index (χ1) is 19.6. The van der Waals surface area contributed by atoms with Gasteiger partial charge in [-0.05, 0) is 51.0 Å². The van der Waals surface area contributed by atoms with E-state index in [1.165, 1.54) is 32.0 Å². The van der Waals surface area contributed by atoms with Crippen molar-refractivity contribution in [2.45, 2.75) is 50.6 Å². The van der Waals surface area contributed by atoms with Crippen molar-refractivity contribution in [1.29, 1.82) is 0 Å². The largest absolute Gasteiger partial charge is 0.490 e. The van der Waals surface area contributed by atoms with Gasteiger partial charge in [-0.2, -0.15) is 13.2 Å². The van der Waals surface area contributed by atoms with E-state index in [9.17, 15) is 17.4 Å². The van der Waals surface area contributed by atoms with Crippen LogP contribution in [-0.2, 0) is 26.5 Å². The Morgan fingerprint density at radius 3 is 2.42 bits per heavy atom. The number of carboxylic acid groups (broad SMARTS) is 1. The van der Waals surface area contributed by atoms with Crippen LogP contribution in [0.1, 0.15) is 42.9 Å². The number of rotatable bonds is 4. The molecule has 0 fully saturated rings. The second-order valence-corrected chi connectivity index (χ2v) is 12.3. The summed E-state index contributed by atoms with van der Waals surface area (Å²) in [7, 11) is -3.48. The Bertz CT molecular complexity index is 1670. The van der Waals surface area contributed by atoms with E-state index >= 15 is 4.39 Å². The third-order valence-corrected chi connectivity index (χ3v) is 9.38. The van der Waals surface area contributed by atoms with E-state index in [-0.39, 0.29) is 17.2 Å². The van der Waals surface area contributed by atoms with E-state index in [0.29, 0.717) is 22.8 Å². The van der Waals surface area contributed by atoms with Crippen molar-refractivity contribution in [1.82, 2.24) is 15.1 Å². The van der Waals surface area contributed by atoms with Crippen molar-refractivity contribution in [3.63, 3.8) is 0 Å². The molecule has 216 valence electrons. The van der Waals surface area contributed by atoms with E-state index < -0.39 is 45.0 Å². The molecule has 0 spiro atoms. The summed E-state index contributed by atoms with van der Waals surface area (Å²) in [5.74, 6) is -3.05. The van der Waals surface area contributed by atoms with Crippen LogP contribution in [0.15, 0.2) is 50.5 Å². The van der Waals surface area contributed by atoms with Gasteiger partial charge in [-0.15, -0.1) is 0 Å². The van der Waals surface area contributed by atoms with E-state index in [1.54, 1.807) is 25.4 Å². The van der Waals surface area contributed by atoms with E-state index in [4.69, 9.17) is 24.3 Å². The Labute approximate surface area is 232 Å². The van der Waals surface area contributed by atoms with Gasteiger partial charge in [0, 0.05) is 40.7 Å². The van der Waals surface area contributed by atoms with Crippen molar-refractivity contribution in [2.75, 3.05) is 12.7 Å². The standard InChI is InChI=1S/C23H27FN6O2S.C2HF3O2/c1-6-14-11-27-20(28-12-14)18-10-19(32-30-18)15-7-8-17(24)16(9-15)23(4)13-33(31,26-5)22(2,3)21(25)29-23;3-2(4,5)1(6)7/h7-12H,6,13H2,1-5H3,(H2,25,29);(H,6,7)/t23-,33+;/m0./s1/i5D3;. The third-order valence-electron chi connectivity index (χ3n) is 6.33. The van der Waals surface area contributed by atoms with Crippen LogP contribution in [-0.4, -0.2) is 59.9 Å². The number of carbonyl (C=O) groups is 1. The molecule has 3 N–H and O–H groups in total. The number of nitrogens with zero attached hydrogens (tertiary/aromatic N) is 5. The summed E-state index contributed by atoms with van der Waals surface area (Å²) in [6.07, 6.45) is -0.859. The van der Waals surface area contributed by atoms with Gasteiger partial charge in [-0.25, -0.2) is 27.7 Å². The van der Waals surface area contributed by atoms with Crippen molar-refractivity contribution in [3.8, 4) is 22.8 Å². The Hall–Kier alpha value is -3.88. The minimum absolute atomic E-state index is 0.0614. The molecule has 1 aliphatic heterocycles. The SMILES string of the molecule is O=C(O)C(F)(F)F.[2H]C([2H])([2H])N=[S@@]1(=O)C[C@@](C)(c2cc(-c3cc(-c4ncc(CC)cn4)no3)ccc2F)N=C(N)C1(C)C. The maximum Gasteiger partial charge on any atom is 0.490 e. The first kappa shape index (κ1) is 26.3. The molecular weight excluding hydrogens is 556 g/mol. The van der Waals surface area contributed by atoms with Gasteiger partial charge in [-0.3, -0.25) is 4.99 Å². The highest BCUT2D eigenvalue weighted by atomic mass is 32.2. The maximum atomic E-state index is 15.2. The average Bonchev–Trinajstić information content (AvgIpc) is 3.37. The molecule has 1 aliphatic rings. The number of hydrogen-bond acceptors (Lipinski definition) is 9. The molecule has 15 heteroatoms. The molecule has 4 rings (SSSR count). The molecule has 2 atom stereocenters. The van der Waals surface area contributed by atoms with E-state index in [2.05, 4.69) is 24.5 Å². The predicted molar refractivity (Wildman–Crippen MR) is 140 cm³/mol. The van der Waals surface area contributed by atoms with Crippen LogP contribution in [0.4, 0.5) is 17.6 Å². The minimum Gasteiger partial charge on any atom is -0.475 e. The van der Waals surface area contributed by atoms with Gasteiger partial charge in [0.2, 0.25) is 0 Å². The summed E-state index contributed by atoms with van der Waals surface area (Å²) in [5, 5.41) is 11.2. The number of halogens is 4. The summed E-state index contributed by atoms with van der Waals surface area (Å²) in [5.41, 5.74) is 6.68. The number of aryl methyl sites for hydroxylation is 1. The van der Waals surface area contributed by atoms with Crippen LogP contribution >= 0.6 is 0 Å². The van der Waals surface area contributed by atoms with Gasteiger partial charge >= 0.3 is 12.1 Å². The smallest absolute Gasteiger partial charge is 0.475 e. The number of benzene rings is 1. The van der Waals surface area contributed by atoms with Crippen molar-refractivity contribution >= 4 is 21.5 Å². The topological polar surface area (TPSA) is 157 Å². The molecule has 0 unspecified atom stereocenters. The molecular formula is C25H28F4N6O4S.